The number of hydrogen-bond donors (Lipinski definition) is 1. The minimum atomic E-state index is -3.71. The van der Waals surface area contributed by atoms with Crippen molar-refractivity contribution in [2.45, 2.75) is 24.7 Å². The van der Waals surface area contributed by atoms with Crippen LogP contribution in [0.2, 0.25) is 0 Å². The molecule has 0 unspecified atom stereocenters. The zero-order chi connectivity index (χ0) is 16.9. The lowest BCUT2D eigenvalue weighted by molar-refractivity contribution is 0.553. The second-order valence-corrected chi connectivity index (χ2v) is 7.85. The first-order valence-corrected chi connectivity index (χ1v) is 9.14. The van der Waals surface area contributed by atoms with E-state index in [1.165, 1.54) is 16.4 Å². The number of benzene rings is 2. The molecule has 0 fully saturated rings. The van der Waals surface area contributed by atoms with Crippen LogP contribution in [-0.2, 0) is 16.4 Å². The number of nitrogens with one attached hydrogen (secondary N) is 1. The Morgan fingerprint density at radius 2 is 2.00 bits per heavy atom. The quantitative estimate of drug-likeness (QED) is 0.774. The Morgan fingerprint density at radius 3 is 2.83 bits per heavy atom. The molecule has 0 spiro atoms. The number of H-pyrrole nitrogens is 1. The average molecular weight is 344 g/mol. The monoisotopic (exact) mass is 344 g/mol. The van der Waals surface area contributed by atoms with E-state index >= 15 is 0 Å². The lowest BCUT2D eigenvalue weighted by Gasteiger charge is -2.30. The maximum atomic E-state index is 13.1. The maximum Gasteiger partial charge on any atom is 0.417 e. The van der Waals surface area contributed by atoms with Gasteiger partial charge in [-0.25, -0.2) is 13.2 Å². The van der Waals surface area contributed by atoms with Crippen molar-refractivity contribution >= 4 is 26.8 Å². The molecule has 1 aliphatic heterocycles. The van der Waals surface area contributed by atoms with E-state index in [1.54, 1.807) is 6.07 Å². The van der Waals surface area contributed by atoms with Gasteiger partial charge in [-0.3, -0.25) is 9.29 Å². The van der Waals surface area contributed by atoms with E-state index in [2.05, 4.69) is 4.98 Å². The predicted octanol–water partition coefficient (Wildman–Crippen LogP) is 2.57. The minimum absolute atomic E-state index is 0.117. The van der Waals surface area contributed by atoms with Gasteiger partial charge < -0.3 is 4.42 Å². The number of aromatic nitrogens is 1. The molecule has 124 valence electrons. The van der Waals surface area contributed by atoms with Gasteiger partial charge in [-0.1, -0.05) is 17.7 Å². The van der Waals surface area contributed by atoms with Gasteiger partial charge in [-0.2, -0.15) is 0 Å². The van der Waals surface area contributed by atoms with E-state index in [4.69, 9.17) is 4.42 Å². The largest absolute Gasteiger partial charge is 0.417 e. The second-order valence-electron chi connectivity index (χ2n) is 5.99. The minimum Gasteiger partial charge on any atom is -0.408 e. The van der Waals surface area contributed by atoms with Crippen molar-refractivity contribution < 1.29 is 12.8 Å². The third kappa shape index (κ3) is 2.32. The number of hydrogen-bond acceptors (Lipinski definition) is 4. The molecular formula is C17H16N2O4S. The fraction of sp³-hybridized carbons (Fsp3) is 0.235. The van der Waals surface area contributed by atoms with E-state index < -0.39 is 15.8 Å². The van der Waals surface area contributed by atoms with Gasteiger partial charge in [0, 0.05) is 12.6 Å². The number of fused-ring (bicyclic) bond motifs is 2. The van der Waals surface area contributed by atoms with Crippen molar-refractivity contribution in [1.82, 2.24) is 4.98 Å². The summed E-state index contributed by atoms with van der Waals surface area (Å²) >= 11 is 0. The van der Waals surface area contributed by atoms with Gasteiger partial charge in [0.1, 0.15) is 0 Å². The molecule has 24 heavy (non-hydrogen) atoms. The summed E-state index contributed by atoms with van der Waals surface area (Å²) < 4.78 is 32.6. The highest BCUT2D eigenvalue weighted by Gasteiger charge is 2.29. The zero-order valence-corrected chi connectivity index (χ0v) is 13.9. The van der Waals surface area contributed by atoms with Crippen LogP contribution in [-0.4, -0.2) is 19.9 Å². The van der Waals surface area contributed by atoms with Crippen LogP contribution >= 0.6 is 0 Å². The van der Waals surface area contributed by atoms with E-state index in [-0.39, 0.29) is 10.5 Å². The van der Waals surface area contributed by atoms with Gasteiger partial charge in [0.05, 0.1) is 16.1 Å². The van der Waals surface area contributed by atoms with Gasteiger partial charge in [-0.05, 0) is 43.5 Å². The van der Waals surface area contributed by atoms with E-state index in [0.717, 1.165) is 29.7 Å². The summed E-state index contributed by atoms with van der Waals surface area (Å²) in [5, 5.41) is 0. The summed E-state index contributed by atoms with van der Waals surface area (Å²) in [7, 11) is -3.71. The Hall–Kier alpha value is -2.54. The summed E-state index contributed by atoms with van der Waals surface area (Å²) in [5.74, 6) is -0.599. The molecule has 0 atom stereocenters. The fourth-order valence-electron chi connectivity index (χ4n) is 3.15. The Balaban J connectivity index is 1.84. The van der Waals surface area contributed by atoms with Gasteiger partial charge in [0.2, 0.25) is 0 Å². The molecule has 0 saturated carbocycles. The molecule has 3 aromatic rings. The normalized spacial score (nSPS) is 14.8. The SMILES string of the molecule is Cc1ccc2c(c1)CCCN2S(=O)(=O)c1ccc2[nH]c(=O)oc2c1. The first-order chi connectivity index (χ1) is 11.4. The number of anilines is 1. The van der Waals surface area contributed by atoms with E-state index in [9.17, 15) is 13.2 Å². The van der Waals surface area contributed by atoms with Gasteiger partial charge in [0.25, 0.3) is 10.0 Å². The molecular weight excluding hydrogens is 328 g/mol. The Bertz CT molecular complexity index is 1100. The first-order valence-electron chi connectivity index (χ1n) is 7.70. The standard InChI is InChI=1S/C17H16N2O4S/c1-11-4-7-15-12(9-11)3-2-8-19(15)24(21,22)13-5-6-14-16(10-13)23-17(20)18-14/h4-7,9-10H,2-3,8H2,1H3,(H,18,20). The van der Waals surface area contributed by atoms with Crippen LogP contribution in [0.25, 0.3) is 11.1 Å². The molecule has 2 heterocycles. The number of rotatable bonds is 2. The number of aryl methyl sites for hydroxylation is 2. The van der Waals surface area contributed by atoms with E-state index in [0.29, 0.717) is 12.1 Å². The summed E-state index contributed by atoms with van der Waals surface area (Å²) in [6.45, 7) is 2.43. The smallest absolute Gasteiger partial charge is 0.408 e. The highest BCUT2D eigenvalue weighted by molar-refractivity contribution is 7.92. The second kappa shape index (κ2) is 5.24. The van der Waals surface area contributed by atoms with Crippen LogP contribution in [0.15, 0.2) is 50.5 Å². The van der Waals surface area contributed by atoms with Crippen LogP contribution < -0.4 is 10.1 Å². The highest BCUT2D eigenvalue weighted by Crippen LogP contribution is 2.33. The Morgan fingerprint density at radius 1 is 1.17 bits per heavy atom. The van der Waals surface area contributed by atoms with Crippen LogP contribution in [0.1, 0.15) is 17.5 Å². The molecule has 1 N–H and O–H groups in total. The summed E-state index contributed by atoms with van der Waals surface area (Å²) in [4.78, 5) is 13.9. The molecule has 1 aromatic heterocycles. The lowest BCUT2D eigenvalue weighted by Crippen LogP contribution is -2.35. The molecule has 1 aliphatic rings. The molecule has 0 radical (unpaired) electrons. The van der Waals surface area contributed by atoms with Gasteiger partial charge in [-0.15, -0.1) is 0 Å². The van der Waals surface area contributed by atoms with Gasteiger partial charge >= 0.3 is 5.76 Å². The molecule has 2 aromatic carbocycles. The molecule has 0 amide bonds. The Labute approximate surface area is 138 Å². The molecule has 7 heteroatoms. The average Bonchev–Trinajstić information content (AvgIpc) is 2.93. The predicted molar refractivity (Wildman–Crippen MR) is 90.9 cm³/mol. The van der Waals surface area contributed by atoms with Crippen molar-refractivity contribution in [3.05, 3.63) is 58.1 Å². The number of nitrogens with zero attached hydrogens (tertiary/aromatic N) is 1. The fourth-order valence-corrected chi connectivity index (χ4v) is 4.71. The van der Waals surface area contributed by atoms with Crippen molar-refractivity contribution in [2.24, 2.45) is 0 Å². The molecule has 4 rings (SSSR count). The number of aromatic amines is 1. The maximum absolute atomic E-state index is 13.1. The third-order valence-electron chi connectivity index (χ3n) is 4.29. The topological polar surface area (TPSA) is 83.4 Å². The summed E-state index contributed by atoms with van der Waals surface area (Å²) in [6, 6.07) is 10.2. The van der Waals surface area contributed by atoms with Crippen LogP contribution in [0.5, 0.6) is 0 Å². The van der Waals surface area contributed by atoms with Crippen molar-refractivity contribution in [3.8, 4) is 0 Å². The Kier molecular flexibility index (Phi) is 3.28. The third-order valence-corrected chi connectivity index (χ3v) is 6.10. The van der Waals surface area contributed by atoms with Crippen molar-refractivity contribution in [2.75, 3.05) is 10.8 Å². The van der Waals surface area contributed by atoms with Crippen molar-refractivity contribution in [1.29, 1.82) is 0 Å². The number of oxazole rings is 1. The first kappa shape index (κ1) is 15.0. The van der Waals surface area contributed by atoms with Gasteiger partial charge in [0.15, 0.2) is 5.58 Å². The molecule has 0 aliphatic carbocycles. The molecule has 0 bridgehead atoms. The highest BCUT2D eigenvalue weighted by atomic mass is 32.2. The summed E-state index contributed by atoms with van der Waals surface area (Å²) in [5.41, 5.74) is 3.60. The van der Waals surface area contributed by atoms with Crippen LogP contribution in [0.3, 0.4) is 0 Å². The summed E-state index contributed by atoms with van der Waals surface area (Å²) in [6.07, 6.45) is 1.64. The number of sulfonamides is 1. The van der Waals surface area contributed by atoms with Crippen molar-refractivity contribution in [3.63, 3.8) is 0 Å². The molecule has 0 saturated heterocycles. The van der Waals surface area contributed by atoms with E-state index in [1.807, 2.05) is 25.1 Å². The van der Waals surface area contributed by atoms with Crippen LogP contribution in [0.4, 0.5) is 5.69 Å². The lowest BCUT2D eigenvalue weighted by atomic mass is 10.0. The molecule has 6 nitrogen and oxygen atoms in total. The van der Waals surface area contributed by atoms with Crippen LogP contribution in [0, 0.1) is 6.92 Å². The zero-order valence-electron chi connectivity index (χ0n) is 13.1.